The third-order valence-corrected chi connectivity index (χ3v) is 4.77. The molecule has 0 bridgehead atoms. The first-order valence-corrected chi connectivity index (χ1v) is 7.85. The average Bonchev–Trinajstić information content (AvgIpc) is 2.23. The van der Waals surface area contributed by atoms with Gasteiger partial charge in [-0.05, 0) is 93.8 Å². The van der Waals surface area contributed by atoms with Gasteiger partial charge in [0.1, 0.15) is 0 Å². The number of allylic oxidation sites excluding steroid dienone is 1. The van der Waals surface area contributed by atoms with E-state index in [2.05, 4.69) is 77.7 Å². The summed E-state index contributed by atoms with van der Waals surface area (Å²) in [5.74, 6) is 0. The van der Waals surface area contributed by atoms with Crippen molar-refractivity contribution in [2.45, 2.75) is 39.5 Å². The van der Waals surface area contributed by atoms with Gasteiger partial charge in [0.25, 0.3) is 0 Å². The Hall–Kier alpha value is 0.420. The third-order valence-electron chi connectivity index (χ3n) is 2.71. The van der Waals surface area contributed by atoms with Crippen LogP contribution in [0.15, 0.2) is 18.7 Å². The highest BCUT2D eigenvalue weighted by atomic mass is 127. The maximum Gasteiger partial charge on any atom is 0.0208 e. The fraction of sp³-hybridized carbons (Fsp3) is 0.429. The number of rotatable bonds is 5. The van der Waals surface area contributed by atoms with Crippen molar-refractivity contribution in [3.63, 3.8) is 0 Å². The molecule has 1 aromatic rings. The highest BCUT2D eigenvalue weighted by molar-refractivity contribution is 14.1. The molecule has 0 atom stereocenters. The smallest absolute Gasteiger partial charge is 0.0208 e. The number of aryl methyl sites for hydroxylation is 1. The lowest BCUT2D eigenvalue weighted by molar-refractivity contribution is 0.735. The second-order valence-electron chi connectivity index (χ2n) is 4.14. The molecule has 88 valence electrons. The molecule has 0 nitrogen and oxygen atoms in total. The molecule has 2 heteroatoms. The maximum absolute atomic E-state index is 4.22. The molecule has 0 radical (unpaired) electrons. The summed E-state index contributed by atoms with van der Waals surface area (Å²) >= 11 is 4.82. The van der Waals surface area contributed by atoms with Crippen LogP contribution < -0.4 is 0 Å². The van der Waals surface area contributed by atoms with Crippen LogP contribution in [0.25, 0.3) is 5.57 Å². The predicted molar refractivity (Wildman–Crippen MR) is 89.8 cm³/mol. The number of unbranched alkanes of at least 4 members (excludes halogenated alkanes) is 2. The van der Waals surface area contributed by atoms with Gasteiger partial charge < -0.3 is 0 Å². The minimum absolute atomic E-state index is 1.13. The Kier molecular flexibility index (Phi) is 6.32. The first kappa shape index (κ1) is 14.5. The van der Waals surface area contributed by atoms with Crippen LogP contribution in [0.2, 0.25) is 0 Å². The normalized spacial score (nSPS) is 10.5. The van der Waals surface area contributed by atoms with Gasteiger partial charge >= 0.3 is 0 Å². The van der Waals surface area contributed by atoms with Crippen molar-refractivity contribution in [2.24, 2.45) is 0 Å². The standard InChI is InChI=1S/C14H18I2/c1-4-5-6-7-10(2)12-9-13(15)11(3)8-14(12)16/h8-9H,2,4-7H2,1,3H3. The predicted octanol–water partition coefficient (Wildman–Crippen LogP) is 5.80. The Morgan fingerprint density at radius 1 is 1.19 bits per heavy atom. The number of benzene rings is 1. The van der Waals surface area contributed by atoms with Crippen LogP contribution in [-0.4, -0.2) is 0 Å². The van der Waals surface area contributed by atoms with Crippen LogP contribution in [0.5, 0.6) is 0 Å². The van der Waals surface area contributed by atoms with Crippen LogP contribution in [0.1, 0.15) is 43.7 Å². The van der Waals surface area contributed by atoms with Gasteiger partial charge in [0.15, 0.2) is 0 Å². The van der Waals surface area contributed by atoms with E-state index in [0.717, 1.165) is 6.42 Å². The fourth-order valence-corrected chi connectivity index (χ4v) is 3.11. The topological polar surface area (TPSA) is 0 Å². The highest BCUT2D eigenvalue weighted by Crippen LogP contribution is 2.27. The zero-order chi connectivity index (χ0) is 12.1. The van der Waals surface area contributed by atoms with Crippen LogP contribution in [0.4, 0.5) is 0 Å². The summed E-state index contributed by atoms with van der Waals surface area (Å²) in [5.41, 5.74) is 3.98. The molecule has 0 aliphatic rings. The summed E-state index contributed by atoms with van der Waals surface area (Å²) in [6.07, 6.45) is 4.97. The van der Waals surface area contributed by atoms with Crippen molar-refractivity contribution in [1.82, 2.24) is 0 Å². The van der Waals surface area contributed by atoms with Crippen molar-refractivity contribution in [3.05, 3.63) is 37.0 Å². The first-order valence-electron chi connectivity index (χ1n) is 5.70. The van der Waals surface area contributed by atoms with E-state index in [1.807, 2.05) is 0 Å². The van der Waals surface area contributed by atoms with Gasteiger partial charge in [0.05, 0.1) is 0 Å². The summed E-state index contributed by atoms with van der Waals surface area (Å²) in [7, 11) is 0. The summed E-state index contributed by atoms with van der Waals surface area (Å²) in [6, 6.07) is 4.52. The highest BCUT2D eigenvalue weighted by Gasteiger charge is 2.06. The van der Waals surface area contributed by atoms with Crippen LogP contribution in [0.3, 0.4) is 0 Å². The quantitative estimate of drug-likeness (QED) is 0.402. The van der Waals surface area contributed by atoms with Crippen molar-refractivity contribution < 1.29 is 0 Å². The van der Waals surface area contributed by atoms with E-state index in [4.69, 9.17) is 0 Å². The number of hydrogen-bond acceptors (Lipinski definition) is 0. The SMILES string of the molecule is C=C(CCCCC)c1cc(I)c(C)cc1I. The molecule has 0 aliphatic heterocycles. The molecule has 0 N–H and O–H groups in total. The lowest BCUT2D eigenvalue weighted by atomic mass is 10.0. The Morgan fingerprint density at radius 3 is 2.50 bits per heavy atom. The minimum atomic E-state index is 1.13. The molecule has 16 heavy (non-hydrogen) atoms. The third kappa shape index (κ3) is 4.02. The minimum Gasteiger partial charge on any atom is -0.0952 e. The lowest BCUT2D eigenvalue weighted by Gasteiger charge is -2.10. The Labute approximate surface area is 126 Å². The van der Waals surface area contributed by atoms with Crippen molar-refractivity contribution in [1.29, 1.82) is 0 Å². The van der Waals surface area contributed by atoms with Gasteiger partial charge in [0, 0.05) is 7.14 Å². The summed E-state index contributed by atoms with van der Waals surface area (Å²) < 4.78 is 2.67. The van der Waals surface area contributed by atoms with E-state index in [9.17, 15) is 0 Å². The van der Waals surface area contributed by atoms with E-state index in [-0.39, 0.29) is 0 Å². The van der Waals surface area contributed by atoms with Gasteiger partial charge in [-0.3, -0.25) is 0 Å². The number of halogens is 2. The van der Waals surface area contributed by atoms with Crippen molar-refractivity contribution >= 4 is 50.8 Å². The summed E-state index contributed by atoms with van der Waals surface area (Å²) in [5, 5.41) is 0. The molecule has 0 unspecified atom stereocenters. The lowest BCUT2D eigenvalue weighted by Crippen LogP contribution is -1.92. The Bertz CT molecular complexity index is 381. The molecule has 0 aliphatic carbocycles. The zero-order valence-corrected chi connectivity index (χ0v) is 14.3. The van der Waals surface area contributed by atoms with Gasteiger partial charge in [-0.25, -0.2) is 0 Å². The van der Waals surface area contributed by atoms with Crippen LogP contribution in [0, 0.1) is 14.1 Å². The first-order chi connectivity index (χ1) is 7.56. The van der Waals surface area contributed by atoms with E-state index in [0.29, 0.717) is 0 Å². The van der Waals surface area contributed by atoms with Crippen LogP contribution in [-0.2, 0) is 0 Å². The van der Waals surface area contributed by atoms with E-state index < -0.39 is 0 Å². The van der Waals surface area contributed by atoms with Crippen molar-refractivity contribution in [3.8, 4) is 0 Å². The Balaban J connectivity index is 2.79. The van der Waals surface area contributed by atoms with E-state index >= 15 is 0 Å². The van der Waals surface area contributed by atoms with E-state index in [1.54, 1.807) is 0 Å². The molecule has 1 rings (SSSR count). The molecule has 0 fully saturated rings. The van der Waals surface area contributed by atoms with Gasteiger partial charge in [-0.1, -0.05) is 26.3 Å². The molecule has 0 spiro atoms. The second kappa shape index (κ2) is 6.99. The van der Waals surface area contributed by atoms with Gasteiger partial charge in [0.2, 0.25) is 0 Å². The second-order valence-corrected chi connectivity index (χ2v) is 6.47. The molecular formula is C14H18I2. The summed E-state index contributed by atoms with van der Waals surface area (Å²) in [6.45, 7) is 8.62. The van der Waals surface area contributed by atoms with Crippen LogP contribution >= 0.6 is 45.2 Å². The number of hydrogen-bond donors (Lipinski definition) is 0. The maximum atomic E-state index is 4.22. The molecule has 0 amide bonds. The zero-order valence-electron chi connectivity index (χ0n) is 9.95. The van der Waals surface area contributed by atoms with Gasteiger partial charge in [-0.2, -0.15) is 0 Å². The molecule has 1 aromatic carbocycles. The molecular weight excluding hydrogens is 422 g/mol. The Morgan fingerprint density at radius 2 is 1.88 bits per heavy atom. The molecule has 0 saturated carbocycles. The van der Waals surface area contributed by atoms with Gasteiger partial charge in [-0.15, -0.1) is 0 Å². The average molecular weight is 440 g/mol. The van der Waals surface area contributed by atoms with Crippen molar-refractivity contribution in [2.75, 3.05) is 0 Å². The molecule has 0 heterocycles. The monoisotopic (exact) mass is 440 g/mol. The fourth-order valence-electron chi connectivity index (χ4n) is 1.64. The molecule has 0 aromatic heterocycles. The summed E-state index contributed by atoms with van der Waals surface area (Å²) in [4.78, 5) is 0. The molecule has 0 saturated heterocycles. The largest absolute Gasteiger partial charge is 0.0952 e. The van der Waals surface area contributed by atoms with E-state index in [1.165, 1.54) is 43.1 Å².